The van der Waals surface area contributed by atoms with Crippen LogP contribution in [-0.2, 0) is 11.3 Å². The first-order chi connectivity index (χ1) is 9.99. The highest BCUT2D eigenvalue weighted by atomic mass is 19.1. The highest BCUT2D eigenvalue weighted by molar-refractivity contribution is 5.90. The number of hydrogen-bond acceptors (Lipinski definition) is 4. The molecule has 2 rings (SSSR count). The predicted molar refractivity (Wildman–Crippen MR) is 76.7 cm³/mol. The third-order valence-corrected chi connectivity index (χ3v) is 2.77. The fourth-order valence-electron chi connectivity index (χ4n) is 1.75. The van der Waals surface area contributed by atoms with Crippen molar-refractivity contribution in [3.8, 4) is 5.75 Å². The second kappa shape index (κ2) is 6.08. The van der Waals surface area contributed by atoms with E-state index in [1.54, 1.807) is 0 Å². The van der Waals surface area contributed by atoms with Gasteiger partial charge in [0.2, 0.25) is 5.91 Å². The molecule has 0 atom stereocenters. The summed E-state index contributed by atoms with van der Waals surface area (Å²) in [6, 6.07) is 6.68. The first kappa shape index (κ1) is 14.6. The standard InChI is InChI=1S/C14H14FN3O3/c1-21-10-3-4-11(15)12(6-10)17-13(19)8-18-7-9(16)2-5-14(18)20/h2-7H,8,16H2,1H3,(H,17,19). The van der Waals surface area contributed by atoms with Crippen molar-refractivity contribution in [2.45, 2.75) is 6.54 Å². The number of nitrogens with zero attached hydrogens (tertiary/aromatic N) is 1. The molecular weight excluding hydrogens is 277 g/mol. The maximum absolute atomic E-state index is 13.6. The van der Waals surface area contributed by atoms with E-state index in [1.807, 2.05) is 0 Å². The average Bonchev–Trinajstić information content (AvgIpc) is 2.45. The molecule has 2 aromatic rings. The van der Waals surface area contributed by atoms with E-state index in [4.69, 9.17) is 10.5 Å². The van der Waals surface area contributed by atoms with Gasteiger partial charge in [-0.15, -0.1) is 0 Å². The van der Waals surface area contributed by atoms with Gasteiger partial charge in [0, 0.05) is 24.0 Å². The van der Waals surface area contributed by atoms with Gasteiger partial charge >= 0.3 is 0 Å². The van der Waals surface area contributed by atoms with Crippen molar-refractivity contribution < 1.29 is 13.9 Å². The molecule has 0 radical (unpaired) electrons. The SMILES string of the molecule is COc1ccc(F)c(NC(=O)Cn2cc(N)ccc2=O)c1. The molecule has 7 heteroatoms. The first-order valence-corrected chi connectivity index (χ1v) is 6.09. The summed E-state index contributed by atoms with van der Waals surface area (Å²) in [6.07, 6.45) is 1.35. The Balaban J connectivity index is 2.15. The normalized spacial score (nSPS) is 10.2. The number of nitrogens with two attached hydrogens (primary N) is 1. The second-order valence-corrected chi connectivity index (χ2v) is 4.32. The average molecular weight is 291 g/mol. The molecule has 21 heavy (non-hydrogen) atoms. The molecule has 1 heterocycles. The van der Waals surface area contributed by atoms with Gasteiger partial charge in [-0.05, 0) is 18.2 Å². The van der Waals surface area contributed by atoms with Crippen LogP contribution in [0.15, 0.2) is 41.3 Å². The van der Waals surface area contributed by atoms with Gasteiger partial charge in [-0.25, -0.2) is 4.39 Å². The summed E-state index contributed by atoms with van der Waals surface area (Å²) < 4.78 is 19.7. The topological polar surface area (TPSA) is 86.3 Å². The van der Waals surface area contributed by atoms with Gasteiger partial charge in [0.25, 0.3) is 5.56 Å². The molecule has 110 valence electrons. The molecule has 0 aliphatic heterocycles. The maximum atomic E-state index is 13.6. The third-order valence-electron chi connectivity index (χ3n) is 2.77. The summed E-state index contributed by atoms with van der Waals surface area (Å²) >= 11 is 0. The lowest BCUT2D eigenvalue weighted by atomic mass is 10.3. The van der Waals surface area contributed by atoms with E-state index < -0.39 is 11.7 Å². The van der Waals surface area contributed by atoms with Gasteiger partial charge in [-0.3, -0.25) is 9.59 Å². The lowest BCUT2D eigenvalue weighted by Gasteiger charge is -2.10. The summed E-state index contributed by atoms with van der Waals surface area (Å²) in [6.45, 7) is -0.263. The van der Waals surface area contributed by atoms with Crippen molar-refractivity contribution in [3.05, 3.63) is 52.7 Å². The van der Waals surface area contributed by atoms with Gasteiger partial charge in [-0.1, -0.05) is 0 Å². The monoisotopic (exact) mass is 291 g/mol. The summed E-state index contributed by atoms with van der Waals surface area (Å²) in [5.74, 6) is -0.730. The Bertz CT molecular complexity index is 728. The largest absolute Gasteiger partial charge is 0.497 e. The predicted octanol–water partition coefficient (Wildman–Crippen LogP) is 1.22. The summed E-state index contributed by atoms with van der Waals surface area (Å²) in [5, 5.41) is 2.39. The number of rotatable bonds is 4. The van der Waals surface area contributed by atoms with Gasteiger partial charge in [0.15, 0.2) is 0 Å². The zero-order valence-corrected chi connectivity index (χ0v) is 11.3. The van der Waals surface area contributed by atoms with Crippen LogP contribution in [0.25, 0.3) is 0 Å². The fraction of sp³-hybridized carbons (Fsp3) is 0.143. The summed E-state index contributed by atoms with van der Waals surface area (Å²) in [5.41, 5.74) is 5.52. The van der Waals surface area contributed by atoms with Crippen molar-refractivity contribution in [1.29, 1.82) is 0 Å². The number of methoxy groups -OCH3 is 1. The van der Waals surface area contributed by atoms with Crippen LogP contribution in [0.1, 0.15) is 0 Å². The molecule has 0 saturated heterocycles. The fourth-order valence-corrected chi connectivity index (χ4v) is 1.75. The minimum Gasteiger partial charge on any atom is -0.497 e. The van der Waals surface area contributed by atoms with Gasteiger partial charge in [0.05, 0.1) is 12.8 Å². The van der Waals surface area contributed by atoms with E-state index in [-0.39, 0.29) is 17.8 Å². The quantitative estimate of drug-likeness (QED) is 0.886. The van der Waals surface area contributed by atoms with Crippen LogP contribution in [0.5, 0.6) is 5.75 Å². The van der Waals surface area contributed by atoms with Crippen molar-refractivity contribution >= 4 is 17.3 Å². The van der Waals surface area contributed by atoms with Gasteiger partial charge in [0.1, 0.15) is 18.1 Å². The number of benzene rings is 1. The number of carbonyl (C=O) groups is 1. The number of pyridine rings is 1. The third kappa shape index (κ3) is 3.59. The Kier molecular flexibility index (Phi) is 4.22. The molecule has 0 spiro atoms. The number of hydrogen-bond donors (Lipinski definition) is 2. The van der Waals surface area contributed by atoms with Crippen LogP contribution in [0.3, 0.4) is 0 Å². The molecule has 3 N–H and O–H groups in total. The molecule has 1 aromatic heterocycles. The Morgan fingerprint density at radius 2 is 2.14 bits per heavy atom. The number of aromatic nitrogens is 1. The van der Waals surface area contributed by atoms with E-state index in [1.165, 1.54) is 43.6 Å². The highest BCUT2D eigenvalue weighted by Crippen LogP contribution is 2.20. The minimum absolute atomic E-state index is 0.0173. The van der Waals surface area contributed by atoms with Crippen molar-refractivity contribution in [1.82, 2.24) is 4.57 Å². The number of nitrogens with one attached hydrogen (secondary N) is 1. The molecule has 0 unspecified atom stereocenters. The van der Waals surface area contributed by atoms with Crippen LogP contribution in [0, 0.1) is 5.82 Å². The van der Waals surface area contributed by atoms with E-state index in [2.05, 4.69) is 5.32 Å². The van der Waals surface area contributed by atoms with Crippen LogP contribution in [-0.4, -0.2) is 17.6 Å². The maximum Gasteiger partial charge on any atom is 0.251 e. The Hall–Kier alpha value is -2.83. The Morgan fingerprint density at radius 3 is 2.86 bits per heavy atom. The molecule has 0 fully saturated rings. The molecule has 0 aliphatic carbocycles. The number of halogens is 1. The molecule has 0 saturated carbocycles. The molecule has 1 amide bonds. The summed E-state index contributed by atoms with van der Waals surface area (Å²) in [4.78, 5) is 23.4. The molecule has 0 aliphatic rings. The highest BCUT2D eigenvalue weighted by Gasteiger charge is 2.10. The van der Waals surface area contributed by atoms with Crippen LogP contribution >= 0.6 is 0 Å². The molecule has 0 bridgehead atoms. The second-order valence-electron chi connectivity index (χ2n) is 4.32. The zero-order valence-electron chi connectivity index (χ0n) is 11.3. The van der Waals surface area contributed by atoms with E-state index in [0.29, 0.717) is 11.4 Å². The molecule has 1 aromatic carbocycles. The van der Waals surface area contributed by atoms with Crippen molar-refractivity contribution in [2.75, 3.05) is 18.2 Å². The van der Waals surface area contributed by atoms with E-state index >= 15 is 0 Å². The molecule has 6 nitrogen and oxygen atoms in total. The first-order valence-electron chi connectivity index (χ1n) is 6.09. The Labute approximate surface area is 120 Å². The summed E-state index contributed by atoms with van der Waals surface area (Å²) in [7, 11) is 1.44. The van der Waals surface area contributed by atoms with Crippen LogP contribution in [0.2, 0.25) is 0 Å². The number of carbonyl (C=O) groups excluding carboxylic acids is 1. The minimum atomic E-state index is -0.593. The lowest BCUT2D eigenvalue weighted by Crippen LogP contribution is -2.27. The van der Waals surface area contributed by atoms with Crippen molar-refractivity contribution in [2.24, 2.45) is 0 Å². The van der Waals surface area contributed by atoms with Gasteiger partial charge in [-0.2, -0.15) is 0 Å². The smallest absolute Gasteiger partial charge is 0.251 e. The van der Waals surface area contributed by atoms with Crippen LogP contribution in [0.4, 0.5) is 15.8 Å². The number of nitrogen functional groups attached to an aromatic ring is 1. The number of anilines is 2. The van der Waals surface area contributed by atoms with Gasteiger partial charge < -0.3 is 20.4 Å². The van der Waals surface area contributed by atoms with E-state index in [0.717, 1.165) is 4.57 Å². The number of amides is 1. The number of ether oxygens (including phenoxy) is 1. The Morgan fingerprint density at radius 1 is 1.38 bits per heavy atom. The van der Waals surface area contributed by atoms with E-state index in [9.17, 15) is 14.0 Å². The molecular formula is C14H14FN3O3. The zero-order chi connectivity index (χ0) is 15.4. The van der Waals surface area contributed by atoms with Crippen molar-refractivity contribution in [3.63, 3.8) is 0 Å². The van der Waals surface area contributed by atoms with Crippen LogP contribution < -0.4 is 21.3 Å². The lowest BCUT2D eigenvalue weighted by molar-refractivity contribution is -0.116.